The first-order chi connectivity index (χ1) is 6.74. The van der Waals surface area contributed by atoms with Crippen LogP contribution in [-0.2, 0) is 0 Å². The third kappa shape index (κ3) is 1.49. The molecule has 0 saturated carbocycles. The van der Waals surface area contributed by atoms with E-state index in [1.165, 1.54) is 11.5 Å². The van der Waals surface area contributed by atoms with E-state index in [9.17, 15) is 0 Å². The van der Waals surface area contributed by atoms with E-state index in [0.29, 0.717) is 5.69 Å². The maximum absolute atomic E-state index is 8.54. The summed E-state index contributed by atoms with van der Waals surface area (Å²) < 4.78 is 5.79. The van der Waals surface area contributed by atoms with Crippen LogP contribution in [0.25, 0.3) is 10.1 Å². The second kappa shape index (κ2) is 3.80. The molecule has 2 rings (SSSR count). The molecule has 0 amide bonds. The number of hydrogen-bond donors (Lipinski definition) is 1. The standard InChI is InChI=1S/C7H3BrClN3OS/c8-4-2-10-5(7(9)12-13)3-1-11-14-6(3)4/h1-2,13H. The van der Waals surface area contributed by atoms with Gasteiger partial charge in [0.25, 0.3) is 0 Å². The highest BCUT2D eigenvalue weighted by Gasteiger charge is 2.12. The van der Waals surface area contributed by atoms with Crippen molar-refractivity contribution in [3.63, 3.8) is 0 Å². The van der Waals surface area contributed by atoms with Gasteiger partial charge in [0.15, 0.2) is 5.17 Å². The van der Waals surface area contributed by atoms with E-state index in [1.54, 1.807) is 12.4 Å². The van der Waals surface area contributed by atoms with Crippen LogP contribution in [-0.4, -0.2) is 19.7 Å². The maximum Gasteiger partial charge on any atom is 0.194 e. The lowest BCUT2D eigenvalue weighted by molar-refractivity contribution is 0.320. The average Bonchev–Trinajstić information content (AvgIpc) is 2.67. The molecule has 2 aromatic heterocycles. The minimum atomic E-state index is -0.0392. The minimum Gasteiger partial charge on any atom is -0.410 e. The molecule has 0 spiro atoms. The number of nitrogens with zero attached hydrogens (tertiary/aromatic N) is 3. The molecular formula is C7H3BrClN3OS. The lowest BCUT2D eigenvalue weighted by atomic mass is 10.3. The van der Waals surface area contributed by atoms with Crippen molar-refractivity contribution in [3.05, 3.63) is 22.6 Å². The highest BCUT2D eigenvalue weighted by Crippen LogP contribution is 2.28. The zero-order chi connectivity index (χ0) is 10.1. The fraction of sp³-hybridized carbons (Fsp3) is 0. The van der Waals surface area contributed by atoms with E-state index in [2.05, 4.69) is 30.4 Å². The van der Waals surface area contributed by atoms with E-state index < -0.39 is 0 Å². The number of pyridine rings is 1. The Labute approximate surface area is 96.5 Å². The lowest BCUT2D eigenvalue weighted by Crippen LogP contribution is -1.95. The van der Waals surface area contributed by atoms with Crippen molar-refractivity contribution in [3.8, 4) is 0 Å². The van der Waals surface area contributed by atoms with Gasteiger partial charge in [0.1, 0.15) is 5.69 Å². The van der Waals surface area contributed by atoms with Crippen molar-refractivity contribution < 1.29 is 5.21 Å². The Bertz CT molecular complexity index is 513. The van der Waals surface area contributed by atoms with Gasteiger partial charge >= 0.3 is 0 Å². The van der Waals surface area contributed by atoms with E-state index in [0.717, 1.165) is 14.6 Å². The van der Waals surface area contributed by atoms with Crippen LogP contribution in [0, 0.1) is 0 Å². The van der Waals surface area contributed by atoms with E-state index in [-0.39, 0.29) is 5.17 Å². The number of fused-ring (bicyclic) bond motifs is 1. The molecule has 0 radical (unpaired) electrons. The van der Waals surface area contributed by atoms with Crippen LogP contribution < -0.4 is 0 Å². The summed E-state index contributed by atoms with van der Waals surface area (Å²) >= 11 is 10.3. The van der Waals surface area contributed by atoms with Gasteiger partial charge in [0, 0.05) is 11.6 Å². The van der Waals surface area contributed by atoms with Gasteiger partial charge in [-0.15, -0.1) is 0 Å². The number of hydrogen-bond acceptors (Lipinski definition) is 5. The predicted molar refractivity (Wildman–Crippen MR) is 59.3 cm³/mol. The number of halogens is 2. The van der Waals surface area contributed by atoms with Crippen molar-refractivity contribution >= 4 is 54.3 Å². The Kier molecular flexibility index (Phi) is 2.66. The Balaban J connectivity index is 2.79. The molecule has 0 bridgehead atoms. The molecule has 0 aliphatic carbocycles. The molecular weight excluding hydrogens is 290 g/mol. The van der Waals surface area contributed by atoms with Gasteiger partial charge in [-0.25, -0.2) is 0 Å². The molecule has 0 unspecified atom stereocenters. The third-order valence-corrected chi connectivity index (χ3v) is 3.58. The second-order valence-electron chi connectivity index (χ2n) is 2.41. The van der Waals surface area contributed by atoms with E-state index in [4.69, 9.17) is 16.8 Å². The highest BCUT2D eigenvalue weighted by molar-refractivity contribution is 9.10. The van der Waals surface area contributed by atoms with Gasteiger partial charge in [0.2, 0.25) is 0 Å². The van der Waals surface area contributed by atoms with Crippen LogP contribution in [0.5, 0.6) is 0 Å². The first kappa shape index (κ1) is 9.82. The molecule has 0 saturated heterocycles. The van der Waals surface area contributed by atoms with Crippen molar-refractivity contribution in [2.24, 2.45) is 5.16 Å². The minimum absolute atomic E-state index is 0.0392. The summed E-state index contributed by atoms with van der Waals surface area (Å²) in [5.41, 5.74) is 0.432. The van der Waals surface area contributed by atoms with Crippen LogP contribution in [0.1, 0.15) is 5.69 Å². The lowest BCUT2D eigenvalue weighted by Gasteiger charge is -1.98. The smallest absolute Gasteiger partial charge is 0.194 e. The van der Waals surface area contributed by atoms with Crippen molar-refractivity contribution in [1.29, 1.82) is 0 Å². The van der Waals surface area contributed by atoms with E-state index in [1.807, 2.05) is 0 Å². The van der Waals surface area contributed by atoms with Gasteiger partial charge in [-0.2, -0.15) is 4.37 Å². The molecule has 14 heavy (non-hydrogen) atoms. The van der Waals surface area contributed by atoms with Gasteiger partial charge in [-0.3, -0.25) is 4.98 Å². The number of oxime groups is 1. The van der Waals surface area contributed by atoms with Crippen LogP contribution in [0.2, 0.25) is 0 Å². The first-order valence-electron chi connectivity index (χ1n) is 3.51. The topological polar surface area (TPSA) is 58.4 Å². The Morgan fingerprint density at radius 3 is 3.07 bits per heavy atom. The molecule has 0 aliphatic heterocycles. The Hall–Kier alpha value is -0.720. The fourth-order valence-corrected chi connectivity index (χ4v) is 2.38. The molecule has 1 N–H and O–H groups in total. The summed E-state index contributed by atoms with van der Waals surface area (Å²) in [6, 6.07) is 0. The van der Waals surface area contributed by atoms with Gasteiger partial charge in [-0.1, -0.05) is 16.8 Å². The van der Waals surface area contributed by atoms with Gasteiger partial charge in [-0.05, 0) is 27.5 Å². The van der Waals surface area contributed by atoms with Crippen molar-refractivity contribution in [2.45, 2.75) is 0 Å². The quantitative estimate of drug-likeness (QED) is 0.499. The largest absolute Gasteiger partial charge is 0.410 e. The number of rotatable bonds is 1. The average molecular weight is 293 g/mol. The molecule has 4 nitrogen and oxygen atoms in total. The molecule has 2 heterocycles. The van der Waals surface area contributed by atoms with Crippen LogP contribution in [0.4, 0.5) is 0 Å². The first-order valence-corrected chi connectivity index (χ1v) is 5.45. The monoisotopic (exact) mass is 291 g/mol. The van der Waals surface area contributed by atoms with Crippen molar-refractivity contribution in [2.75, 3.05) is 0 Å². The Morgan fingerprint density at radius 1 is 1.57 bits per heavy atom. The van der Waals surface area contributed by atoms with Gasteiger partial charge in [0.05, 0.1) is 15.4 Å². The summed E-state index contributed by atoms with van der Waals surface area (Å²) in [5, 5.41) is 12.2. The summed E-state index contributed by atoms with van der Waals surface area (Å²) in [7, 11) is 0. The normalized spacial score (nSPS) is 12.3. The molecule has 7 heteroatoms. The zero-order valence-corrected chi connectivity index (χ0v) is 9.77. The van der Waals surface area contributed by atoms with Crippen LogP contribution in [0.15, 0.2) is 22.0 Å². The fourth-order valence-electron chi connectivity index (χ4n) is 1.04. The molecule has 72 valence electrons. The van der Waals surface area contributed by atoms with E-state index >= 15 is 0 Å². The predicted octanol–water partition coefficient (Wildman–Crippen LogP) is 2.83. The van der Waals surface area contributed by atoms with Crippen molar-refractivity contribution in [1.82, 2.24) is 9.36 Å². The van der Waals surface area contributed by atoms with Crippen LogP contribution >= 0.6 is 39.1 Å². The highest BCUT2D eigenvalue weighted by atomic mass is 79.9. The molecule has 2 aromatic rings. The van der Waals surface area contributed by atoms with Crippen LogP contribution in [0.3, 0.4) is 0 Å². The number of aromatic nitrogens is 2. The zero-order valence-electron chi connectivity index (χ0n) is 6.61. The third-order valence-electron chi connectivity index (χ3n) is 1.63. The summed E-state index contributed by atoms with van der Waals surface area (Å²) in [6.45, 7) is 0. The second-order valence-corrected chi connectivity index (χ2v) is 4.43. The summed E-state index contributed by atoms with van der Waals surface area (Å²) in [6.07, 6.45) is 3.24. The molecule has 0 aliphatic rings. The SMILES string of the molecule is ON=C(Cl)c1ncc(Br)c2sncc12. The molecule has 0 atom stereocenters. The molecule has 0 aromatic carbocycles. The maximum atomic E-state index is 8.54. The molecule has 0 fully saturated rings. The summed E-state index contributed by atoms with van der Waals surface area (Å²) in [4.78, 5) is 4.05. The Morgan fingerprint density at radius 2 is 2.36 bits per heavy atom. The summed E-state index contributed by atoms with van der Waals surface area (Å²) in [5.74, 6) is 0. The van der Waals surface area contributed by atoms with Gasteiger partial charge < -0.3 is 5.21 Å².